The van der Waals surface area contributed by atoms with Gasteiger partial charge in [0.15, 0.2) is 0 Å². The molecule has 1 aliphatic rings. The Kier molecular flexibility index (Phi) is 3.91. The molecule has 5 heteroatoms. The number of piperazine rings is 1. The van der Waals surface area contributed by atoms with Crippen LogP contribution in [-0.4, -0.2) is 48.6 Å². The molecule has 0 aromatic heterocycles. The molecule has 92 valence electrons. The van der Waals surface area contributed by atoms with Gasteiger partial charge in [0.1, 0.15) is 11.6 Å². The van der Waals surface area contributed by atoms with Gasteiger partial charge in [-0.2, -0.15) is 0 Å². The van der Waals surface area contributed by atoms with Gasteiger partial charge in [-0.25, -0.2) is 0 Å². The average Bonchev–Trinajstić information content (AvgIpc) is 2.21. The third-order valence-corrected chi connectivity index (χ3v) is 2.94. The molecule has 5 nitrogen and oxygen atoms in total. The zero-order valence-electron chi connectivity index (χ0n) is 10.4. The molecule has 0 saturated carbocycles. The fourth-order valence-electron chi connectivity index (χ4n) is 1.82. The summed E-state index contributed by atoms with van der Waals surface area (Å²) < 4.78 is 4.95. The van der Waals surface area contributed by atoms with E-state index in [2.05, 4.69) is 5.32 Å². The quantitative estimate of drug-likeness (QED) is 0.697. The van der Waals surface area contributed by atoms with Gasteiger partial charge in [-0.1, -0.05) is 0 Å². The molecule has 0 bridgehead atoms. The zero-order chi connectivity index (χ0) is 12.3. The second-order valence-electron chi connectivity index (χ2n) is 4.59. The number of carbonyl (C=O) groups excluding carboxylic acids is 2. The Hall–Kier alpha value is -1.10. The predicted octanol–water partition coefficient (Wildman–Crippen LogP) is 0.148. The third kappa shape index (κ3) is 2.35. The van der Waals surface area contributed by atoms with Gasteiger partial charge in [0, 0.05) is 20.3 Å². The topological polar surface area (TPSA) is 58.6 Å². The summed E-state index contributed by atoms with van der Waals surface area (Å²) in [4.78, 5) is 25.4. The number of amides is 2. The fourth-order valence-corrected chi connectivity index (χ4v) is 1.82. The largest absolute Gasteiger partial charge is 0.385 e. The molecule has 1 saturated heterocycles. The summed E-state index contributed by atoms with van der Waals surface area (Å²) in [7, 11) is 1.62. The van der Waals surface area contributed by atoms with Crippen molar-refractivity contribution in [3.63, 3.8) is 0 Å². The van der Waals surface area contributed by atoms with E-state index < -0.39 is 11.6 Å². The minimum absolute atomic E-state index is 0.0271. The Balaban J connectivity index is 2.74. The van der Waals surface area contributed by atoms with Gasteiger partial charge >= 0.3 is 0 Å². The predicted molar refractivity (Wildman–Crippen MR) is 59.9 cm³/mol. The van der Waals surface area contributed by atoms with Crippen LogP contribution in [0.15, 0.2) is 0 Å². The molecular weight excluding hydrogens is 208 g/mol. The maximum atomic E-state index is 12.0. The molecule has 0 aromatic rings. The first kappa shape index (κ1) is 13.0. The lowest BCUT2D eigenvalue weighted by Crippen LogP contribution is -2.67. The Morgan fingerprint density at radius 2 is 2.06 bits per heavy atom. The van der Waals surface area contributed by atoms with Crippen molar-refractivity contribution >= 4 is 11.8 Å². The summed E-state index contributed by atoms with van der Waals surface area (Å²) >= 11 is 0. The van der Waals surface area contributed by atoms with Gasteiger partial charge in [0.2, 0.25) is 11.8 Å². The number of ether oxygens (including phenoxy) is 1. The number of rotatable bonds is 4. The molecule has 1 N–H and O–H groups in total. The number of carbonyl (C=O) groups is 2. The molecule has 1 unspecified atom stereocenters. The highest BCUT2D eigenvalue weighted by Gasteiger charge is 2.44. The number of methoxy groups -OCH3 is 1. The van der Waals surface area contributed by atoms with Crippen LogP contribution < -0.4 is 5.32 Å². The Bertz CT molecular complexity index is 289. The minimum Gasteiger partial charge on any atom is -0.385 e. The van der Waals surface area contributed by atoms with Crippen LogP contribution in [0.5, 0.6) is 0 Å². The molecule has 2 amide bonds. The van der Waals surface area contributed by atoms with Crippen molar-refractivity contribution < 1.29 is 14.3 Å². The number of nitrogens with zero attached hydrogens (tertiary/aromatic N) is 1. The van der Waals surface area contributed by atoms with E-state index >= 15 is 0 Å². The lowest BCUT2D eigenvalue weighted by molar-refractivity contribution is -0.154. The Morgan fingerprint density at radius 1 is 1.44 bits per heavy atom. The summed E-state index contributed by atoms with van der Waals surface area (Å²) in [5, 5.41) is 2.68. The summed E-state index contributed by atoms with van der Waals surface area (Å²) in [5.74, 6) is -0.127. The Labute approximate surface area is 96.1 Å². The van der Waals surface area contributed by atoms with Gasteiger partial charge in [0.05, 0.1) is 0 Å². The van der Waals surface area contributed by atoms with Crippen LogP contribution in [0.2, 0.25) is 0 Å². The summed E-state index contributed by atoms with van der Waals surface area (Å²) in [6.45, 7) is 6.38. The minimum atomic E-state index is -0.767. The zero-order valence-corrected chi connectivity index (χ0v) is 10.4. The summed E-state index contributed by atoms with van der Waals surface area (Å²) in [6, 6.07) is -0.428. The van der Waals surface area contributed by atoms with Gasteiger partial charge in [0.25, 0.3) is 0 Å². The van der Waals surface area contributed by atoms with Crippen molar-refractivity contribution in [3.8, 4) is 0 Å². The van der Waals surface area contributed by atoms with Crippen LogP contribution in [0.25, 0.3) is 0 Å². The van der Waals surface area contributed by atoms with Crippen molar-refractivity contribution in [2.45, 2.75) is 38.8 Å². The van der Waals surface area contributed by atoms with Crippen molar-refractivity contribution in [1.82, 2.24) is 10.2 Å². The number of nitrogens with one attached hydrogen (secondary N) is 1. The van der Waals surface area contributed by atoms with E-state index in [1.165, 1.54) is 0 Å². The molecule has 1 heterocycles. The highest BCUT2D eigenvalue weighted by atomic mass is 16.5. The van der Waals surface area contributed by atoms with Crippen molar-refractivity contribution in [2.75, 3.05) is 20.3 Å². The van der Waals surface area contributed by atoms with Crippen molar-refractivity contribution in [3.05, 3.63) is 0 Å². The molecule has 0 aliphatic carbocycles. The lowest BCUT2D eigenvalue weighted by atomic mass is 9.96. The van der Waals surface area contributed by atoms with E-state index in [1.54, 1.807) is 32.8 Å². The maximum Gasteiger partial charge on any atom is 0.246 e. The molecule has 1 atom stereocenters. The van der Waals surface area contributed by atoms with E-state index in [4.69, 9.17) is 4.74 Å². The maximum absolute atomic E-state index is 12.0. The van der Waals surface area contributed by atoms with Crippen LogP contribution >= 0.6 is 0 Å². The van der Waals surface area contributed by atoms with Crippen molar-refractivity contribution in [2.24, 2.45) is 0 Å². The first-order valence-corrected chi connectivity index (χ1v) is 5.52. The molecule has 1 rings (SSSR count). The van der Waals surface area contributed by atoms with E-state index in [0.717, 1.165) is 6.42 Å². The number of hydrogen-bond donors (Lipinski definition) is 1. The molecule has 1 fully saturated rings. The summed E-state index contributed by atoms with van der Waals surface area (Å²) in [6.07, 6.45) is 0.742. The molecule has 0 radical (unpaired) electrons. The smallest absolute Gasteiger partial charge is 0.246 e. The molecular formula is C11H20N2O3. The van der Waals surface area contributed by atoms with Crippen LogP contribution in [0.1, 0.15) is 27.2 Å². The van der Waals surface area contributed by atoms with Crippen LogP contribution in [0.3, 0.4) is 0 Å². The first-order chi connectivity index (χ1) is 7.41. The second-order valence-corrected chi connectivity index (χ2v) is 4.59. The SMILES string of the molecule is COCCCN1C(=O)C(C)NC(=O)C1(C)C. The van der Waals surface area contributed by atoms with Gasteiger partial charge in [-0.3, -0.25) is 9.59 Å². The van der Waals surface area contributed by atoms with E-state index in [1.807, 2.05) is 0 Å². The van der Waals surface area contributed by atoms with Crippen molar-refractivity contribution in [1.29, 1.82) is 0 Å². The highest BCUT2D eigenvalue weighted by Crippen LogP contribution is 2.21. The summed E-state index contributed by atoms with van der Waals surface area (Å²) in [5.41, 5.74) is -0.767. The van der Waals surface area contributed by atoms with E-state index in [9.17, 15) is 9.59 Å². The molecule has 0 aromatic carbocycles. The van der Waals surface area contributed by atoms with Gasteiger partial charge in [-0.15, -0.1) is 0 Å². The van der Waals surface area contributed by atoms with Crippen LogP contribution in [0, 0.1) is 0 Å². The highest BCUT2D eigenvalue weighted by molar-refractivity contribution is 5.99. The molecule has 16 heavy (non-hydrogen) atoms. The third-order valence-electron chi connectivity index (χ3n) is 2.94. The fraction of sp³-hybridized carbons (Fsp3) is 0.818. The lowest BCUT2D eigenvalue weighted by Gasteiger charge is -2.43. The van der Waals surface area contributed by atoms with Crippen LogP contribution in [0.4, 0.5) is 0 Å². The molecule has 0 spiro atoms. The van der Waals surface area contributed by atoms with Gasteiger partial charge in [-0.05, 0) is 27.2 Å². The van der Waals surface area contributed by atoms with E-state index in [-0.39, 0.29) is 11.8 Å². The van der Waals surface area contributed by atoms with Gasteiger partial charge < -0.3 is 15.0 Å². The normalized spacial score (nSPS) is 24.5. The number of hydrogen-bond acceptors (Lipinski definition) is 3. The standard InChI is InChI=1S/C11H20N2O3/c1-8-9(14)13(6-5-7-16-4)11(2,3)10(15)12-8/h8H,5-7H2,1-4H3,(H,12,15). The second kappa shape index (κ2) is 4.82. The average molecular weight is 228 g/mol. The monoisotopic (exact) mass is 228 g/mol. The molecule has 1 aliphatic heterocycles. The Morgan fingerprint density at radius 3 is 2.62 bits per heavy atom. The first-order valence-electron chi connectivity index (χ1n) is 5.52. The van der Waals surface area contributed by atoms with E-state index in [0.29, 0.717) is 13.2 Å². The van der Waals surface area contributed by atoms with Crippen LogP contribution in [-0.2, 0) is 14.3 Å².